The molecule has 8 heteroatoms. The highest BCUT2D eigenvalue weighted by Crippen LogP contribution is 2.38. The van der Waals surface area contributed by atoms with Crippen LogP contribution in [0.5, 0.6) is 17.2 Å². The van der Waals surface area contributed by atoms with Crippen molar-refractivity contribution in [2.45, 2.75) is 12.5 Å². The van der Waals surface area contributed by atoms with E-state index >= 15 is 0 Å². The highest BCUT2D eigenvalue weighted by Gasteiger charge is 2.35. The van der Waals surface area contributed by atoms with E-state index in [0.717, 1.165) is 21.8 Å². The van der Waals surface area contributed by atoms with Gasteiger partial charge in [0.15, 0.2) is 0 Å². The van der Waals surface area contributed by atoms with E-state index in [1.165, 1.54) is 0 Å². The van der Waals surface area contributed by atoms with E-state index in [0.29, 0.717) is 29.4 Å². The van der Waals surface area contributed by atoms with E-state index in [1.54, 1.807) is 33.5 Å². The number of hydrogen-bond acceptors (Lipinski definition) is 6. The van der Waals surface area contributed by atoms with Gasteiger partial charge in [-0.05, 0) is 29.8 Å². The average Bonchev–Trinajstić information content (AvgIpc) is 3.13. The fourth-order valence-electron chi connectivity index (χ4n) is 3.09. The maximum absolute atomic E-state index is 12.3. The predicted octanol–water partition coefficient (Wildman–Crippen LogP) is 2.82. The molecule has 0 saturated carbocycles. The van der Waals surface area contributed by atoms with Crippen LogP contribution >= 0.6 is 0 Å². The minimum atomic E-state index is -3.55. The van der Waals surface area contributed by atoms with Crippen molar-refractivity contribution in [2.24, 2.45) is 5.10 Å². The van der Waals surface area contributed by atoms with Crippen LogP contribution < -0.4 is 14.2 Å². The Hall–Kier alpha value is -2.74. The zero-order chi connectivity index (χ0) is 19.6. The van der Waals surface area contributed by atoms with Gasteiger partial charge in [-0.25, -0.2) is 8.42 Å². The number of ether oxygens (including phenoxy) is 3. The van der Waals surface area contributed by atoms with Crippen molar-refractivity contribution in [2.75, 3.05) is 27.6 Å². The van der Waals surface area contributed by atoms with Crippen LogP contribution in [0.1, 0.15) is 23.6 Å². The summed E-state index contributed by atoms with van der Waals surface area (Å²) in [6.07, 6.45) is 1.57. The van der Waals surface area contributed by atoms with Crippen LogP contribution in [-0.4, -0.2) is 46.1 Å². The Labute approximate surface area is 159 Å². The van der Waals surface area contributed by atoms with Crippen molar-refractivity contribution in [3.63, 3.8) is 0 Å². The van der Waals surface area contributed by atoms with Gasteiger partial charge in [-0.15, -0.1) is 0 Å². The van der Waals surface area contributed by atoms with Gasteiger partial charge in [0.1, 0.15) is 17.2 Å². The van der Waals surface area contributed by atoms with Gasteiger partial charge in [0.25, 0.3) is 0 Å². The molecule has 0 radical (unpaired) electrons. The minimum absolute atomic E-state index is 0.420. The number of rotatable bonds is 6. The zero-order valence-corrected chi connectivity index (χ0v) is 16.5. The summed E-state index contributed by atoms with van der Waals surface area (Å²) in [6.45, 7) is 0. The van der Waals surface area contributed by atoms with E-state index < -0.39 is 16.1 Å². The third-order valence-electron chi connectivity index (χ3n) is 4.41. The summed E-state index contributed by atoms with van der Waals surface area (Å²) in [4.78, 5) is 0. The van der Waals surface area contributed by atoms with Gasteiger partial charge in [0, 0.05) is 18.1 Å². The Bertz CT molecular complexity index is 972. The molecule has 1 aliphatic rings. The molecule has 0 amide bonds. The second-order valence-corrected chi connectivity index (χ2v) is 7.99. The molecule has 2 aromatic rings. The Morgan fingerprint density at radius 2 is 1.70 bits per heavy atom. The molecule has 2 aromatic carbocycles. The summed E-state index contributed by atoms with van der Waals surface area (Å²) in [6, 6.07) is 12.3. The van der Waals surface area contributed by atoms with Gasteiger partial charge in [-0.1, -0.05) is 12.1 Å². The van der Waals surface area contributed by atoms with Gasteiger partial charge >= 0.3 is 0 Å². The Morgan fingerprint density at radius 3 is 2.33 bits per heavy atom. The molecule has 0 bridgehead atoms. The molecular weight excluding hydrogens is 368 g/mol. The standard InChI is InChI=1S/C19H22N2O5S/c1-24-14-7-5-6-13(10-14)18-12-17(20-21(18)27(4,22)23)16-9-8-15(25-2)11-19(16)26-3/h5-11,18H,12H2,1-4H3. The Balaban J connectivity index is 2.04. The predicted molar refractivity (Wildman–Crippen MR) is 103 cm³/mol. The minimum Gasteiger partial charge on any atom is -0.497 e. The van der Waals surface area contributed by atoms with Crippen molar-refractivity contribution in [1.29, 1.82) is 0 Å². The van der Waals surface area contributed by atoms with Crippen molar-refractivity contribution in [3.05, 3.63) is 53.6 Å². The summed E-state index contributed by atoms with van der Waals surface area (Å²) in [5.74, 6) is 1.89. The molecule has 0 saturated heterocycles. The molecule has 0 aliphatic carbocycles. The van der Waals surface area contributed by atoms with E-state index in [2.05, 4.69) is 5.10 Å². The van der Waals surface area contributed by atoms with Gasteiger partial charge in [0.05, 0.1) is 39.3 Å². The first-order valence-corrected chi connectivity index (χ1v) is 10.2. The highest BCUT2D eigenvalue weighted by molar-refractivity contribution is 7.88. The molecule has 1 heterocycles. The second-order valence-electron chi connectivity index (χ2n) is 6.14. The van der Waals surface area contributed by atoms with Crippen molar-refractivity contribution in [3.8, 4) is 17.2 Å². The number of sulfonamides is 1. The SMILES string of the molecule is COc1cccc(C2CC(c3ccc(OC)cc3OC)=NN2S(C)(=O)=O)c1. The van der Waals surface area contributed by atoms with E-state index in [9.17, 15) is 8.42 Å². The number of benzene rings is 2. The lowest BCUT2D eigenvalue weighted by Gasteiger charge is -2.21. The molecular formula is C19H22N2O5S. The third kappa shape index (κ3) is 3.85. The summed E-state index contributed by atoms with van der Waals surface area (Å²) >= 11 is 0. The molecule has 144 valence electrons. The number of hydrogen-bond donors (Lipinski definition) is 0. The van der Waals surface area contributed by atoms with Crippen molar-refractivity contribution >= 4 is 15.7 Å². The van der Waals surface area contributed by atoms with Gasteiger partial charge in [-0.2, -0.15) is 9.52 Å². The topological polar surface area (TPSA) is 77.4 Å². The van der Waals surface area contributed by atoms with Crippen LogP contribution in [-0.2, 0) is 10.0 Å². The van der Waals surface area contributed by atoms with Crippen molar-refractivity contribution in [1.82, 2.24) is 4.41 Å². The maximum Gasteiger partial charge on any atom is 0.247 e. The van der Waals surface area contributed by atoms with Crippen LogP contribution in [0.3, 0.4) is 0 Å². The largest absolute Gasteiger partial charge is 0.497 e. The first-order chi connectivity index (χ1) is 12.9. The second kappa shape index (κ2) is 7.48. The summed E-state index contributed by atoms with van der Waals surface area (Å²) in [5.41, 5.74) is 2.18. The molecule has 0 spiro atoms. The van der Waals surface area contributed by atoms with E-state index in [1.807, 2.05) is 30.3 Å². The number of nitrogens with zero attached hydrogens (tertiary/aromatic N) is 2. The molecule has 27 heavy (non-hydrogen) atoms. The van der Waals surface area contributed by atoms with Crippen molar-refractivity contribution < 1.29 is 22.6 Å². The fourth-order valence-corrected chi connectivity index (χ4v) is 4.00. The number of hydrazone groups is 1. The molecule has 0 fully saturated rings. The molecule has 7 nitrogen and oxygen atoms in total. The lowest BCUT2D eigenvalue weighted by atomic mass is 9.98. The van der Waals surface area contributed by atoms with Crippen LogP contribution in [0, 0.1) is 0 Å². The van der Waals surface area contributed by atoms with Crippen LogP contribution in [0.15, 0.2) is 47.6 Å². The average molecular weight is 390 g/mol. The smallest absolute Gasteiger partial charge is 0.247 e. The normalized spacial score (nSPS) is 16.8. The highest BCUT2D eigenvalue weighted by atomic mass is 32.2. The van der Waals surface area contributed by atoms with Gasteiger partial charge in [0.2, 0.25) is 10.0 Å². The summed E-state index contributed by atoms with van der Waals surface area (Å²) < 4.78 is 41.8. The molecule has 0 N–H and O–H groups in total. The maximum atomic E-state index is 12.3. The quantitative estimate of drug-likeness (QED) is 0.758. The molecule has 0 aromatic heterocycles. The Kier molecular flexibility index (Phi) is 5.27. The zero-order valence-electron chi connectivity index (χ0n) is 15.7. The summed E-state index contributed by atoms with van der Waals surface area (Å²) in [7, 11) is 1.15. The third-order valence-corrected chi connectivity index (χ3v) is 5.43. The number of methoxy groups -OCH3 is 3. The van der Waals surface area contributed by atoms with Crippen LogP contribution in [0.4, 0.5) is 0 Å². The molecule has 1 atom stereocenters. The Morgan fingerprint density at radius 1 is 1.00 bits per heavy atom. The molecule has 1 unspecified atom stereocenters. The van der Waals surface area contributed by atoms with Gasteiger partial charge in [-0.3, -0.25) is 0 Å². The lowest BCUT2D eigenvalue weighted by molar-refractivity contribution is 0.371. The molecule has 1 aliphatic heterocycles. The first-order valence-electron chi connectivity index (χ1n) is 8.30. The van der Waals surface area contributed by atoms with Gasteiger partial charge < -0.3 is 14.2 Å². The monoisotopic (exact) mass is 390 g/mol. The van der Waals surface area contributed by atoms with Crippen LogP contribution in [0.25, 0.3) is 0 Å². The van der Waals surface area contributed by atoms with E-state index in [-0.39, 0.29) is 0 Å². The summed E-state index contributed by atoms with van der Waals surface area (Å²) in [5, 5.41) is 4.41. The van der Waals surface area contributed by atoms with E-state index in [4.69, 9.17) is 14.2 Å². The fraction of sp³-hybridized carbons (Fsp3) is 0.316. The van der Waals surface area contributed by atoms with Crippen LogP contribution in [0.2, 0.25) is 0 Å². The molecule has 3 rings (SSSR count). The lowest BCUT2D eigenvalue weighted by Crippen LogP contribution is -2.25. The first kappa shape index (κ1) is 19.0.